The van der Waals surface area contributed by atoms with Gasteiger partial charge in [0.15, 0.2) is 0 Å². The van der Waals surface area contributed by atoms with E-state index in [2.05, 4.69) is 11.8 Å². The molecule has 0 spiro atoms. The number of likely N-dealkylation sites (N-methyl/N-ethyl adjacent to an activating group) is 1. The number of hydrogen-bond donors (Lipinski definition) is 2. The normalized spacial score (nSPS) is 14.2. The molecule has 2 aromatic rings. The smallest absolute Gasteiger partial charge is 0.266 e. The summed E-state index contributed by atoms with van der Waals surface area (Å²) < 4.78 is 20.2. The third-order valence-electron chi connectivity index (χ3n) is 4.67. The Morgan fingerprint density at radius 2 is 2.14 bits per heavy atom. The van der Waals surface area contributed by atoms with Crippen LogP contribution in [-0.2, 0) is 11.2 Å². The topological polar surface area (TPSA) is 92.9 Å². The standard InChI is InChI=1S/C21H21FN2O4S/c1-4-24(3)20(26)21(2,27)7-5-12-9-14-16(11-15(12)22)28-8-6-13-10-17(19(23)25)29-18(13)14/h9-11,27H,4,6,8H2,1-3H3,(H2,23,25). The SMILES string of the molecule is CCN(C)C(=O)C(C)(O)C#Cc1cc2c(cc1F)OCCc1cc(C(N)=O)sc1-2. The summed E-state index contributed by atoms with van der Waals surface area (Å²) in [5.41, 5.74) is 4.94. The Balaban J connectivity index is 2.06. The molecule has 152 valence electrons. The summed E-state index contributed by atoms with van der Waals surface area (Å²) in [7, 11) is 1.55. The Morgan fingerprint density at radius 1 is 1.41 bits per heavy atom. The van der Waals surface area contributed by atoms with Crippen LogP contribution in [0.3, 0.4) is 0 Å². The molecule has 0 aliphatic carbocycles. The number of halogens is 1. The third kappa shape index (κ3) is 4.11. The minimum atomic E-state index is -1.95. The van der Waals surface area contributed by atoms with E-state index in [4.69, 9.17) is 10.5 Å². The van der Waals surface area contributed by atoms with Gasteiger partial charge in [-0.05, 0) is 31.5 Å². The summed E-state index contributed by atoms with van der Waals surface area (Å²) in [5.74, 6) is 3.66. The van der Waals surface area contributed by atoms with Gasteiger partial charge in [0.2, 0.25) is 5.60 Å². The highest BCUT2D eigenvalue weighted by molar-refractivity contribution is 7.17. The molecule has 6 nitrogen and oxygen atoms in total. The van der Waals surface area contributed by atoms with Gasteiger partial charge in [0.25, 0.3) is 11.8 Å². The van der Waals surface area contributed by atoms with Crippen molar-refractivity contribution in [3.8, 4) is 28.0 Å². The molecule has 1 atom stereocenters. The second-order valence-corrected chi connectivity index (χ2v) is 7.95. The first kappa shape index (κ1) is 20.8. The van der Waals surface area contributed by atoms with E-state index in [9.17, 15) is 19.1 Å². The Labute approximate surface area is 172 Å². The van der Waals surface area contributed by atoms with E-state index in [1.54, 1.807) is 20.0 Å². The van der Waals surface area contributed by atoms with E-state index in [0.29, 0.717) is 35.8 Å². The number of aliphatic hydroxyl groups is 1. The largest absolute Gasteiger partial charge is 0.492 e. The van der Waals surface area contributed by atoms with Gasteiger partial charge in [-0.25, -0.2) is 4.39 Å². The number of benzene rings is 1. The molecule has 1 aromatic carbocycles. The summed E-state index contributed by atoms with van der Waals surface area (Å²) in [5, 5.41) is 10.4. The molecule has 2 amide bonds. The molecule has 0 fully saturated rings. The monoisotopic (exact) mass is 416 g/mol. The van der Waals surface area contributed by atoms with E-state index >= 15 is 0 Å². The van der Waals surface area contributed by atoms with Gasteiger partial charge < -0.3 is 20.5 Å². The Kier molecular flexibility index (Phi) is 5.64. The lowest BCUT2D eigenvalue weighted by atomic mass is 10.0. The van der Waals surface area contributed by atoms with E-state index in [1.807, 2.05) is 0 Å². The fourth-order valence-corrected chi connectivity index (χ4v) is 4.02. The number of amides is 2. The van der Waals surface area contributed by atoms with Crippen LogP contribution < -0.4 is 10.5 Å². The second kappa shape index (κ2) is 7.85. The van der Waals surface area contributed by atoms with Crippen molar-refractivity contribution in [3.05, 3.63) is 40.0 Å². The van der Waals surface area contributed by atoms with Gasteiger partial charge in [-0.3, -0.25) is 9.59 Å². The van der Waals surface area contributed by atoms with Gasteiger partial charge in [0, 0.05) is 36.5 Å². The van der Waals surface area contributed by atoms with Gasteiger partial charge in [-0.2, -0.15) is 0 Å². The van der Waals surface area contributed by atoms with Crippen molar-refractivity contribution >= 4 is 23.2 Å². The van der Waals surface area contributed by atoms with E-state index in [0.717, 1.165) is 10.4 Å². The summed E-state index contributed by atoms with van der Waals surface area (Å²) >= 11 is 1.21. The summed E-state index contributed by atoms with van der Waals surface area (Å²) in [6, 6.07) is 4.46. The maximum Gasteiger partial charge on any atom is 0.266 e. The average molecular weight is 416 g/mol. The van der Waals surface area contributed by atoms with Crippen LogP contribution in [-0.4, -0.2) is 47.6 Å². The molecule has 3 rings (SSSR count). The highest BCUT2D eigenvalue weighted by atomic mass is 32.1. The first-order valence-corrected chi connectivity index (χ1v) is 9.86. The van der Waals surface area contributed by atoms with Crippen molar-refractivity contribution in [3.63, 3.8) is 0 Å². The molecular formula is C21H21FN2O4S. The first-order valence-electron chi connectivity index (χ1n) is 9.04. The number of fused-ring (bicyclic) bond motifs is 3. The molecule has 0 saturated carbocycles. The highest BCUT2D eigenvalue weighted by Crippen LogP contribution is 2.41. The van der Waals surface area contributed by atoms with Gasteiger partial charge in [0.05, 0.1) is 17.0 Å². The van der Waals surface area contributed by atoms with Crippen molar-refractivity contribution in [1.29, 1.82) is 0 Å². The first-order chi connectivity index (χ1) is 13.6. The number of nitrogens with two attached hydrogens (primary N) is 1. The van der Waals surface area contributed by atoms with Crippen LogP contribution in [0.15, 0.2) is 18.2 Å². The summed E-state index contributed by atoms with van der Waals surface area (Å²) in [6.45, 7) is 3.79. The lowest BCUT2D eigenvalue weighted by Gasteiger charge is -2.22. The molecule has 1 aromatic heterocycles. The lowest BCUT2D eigenvalue weighted by Crippen LogP contribution is -2.44. The molecule has 2 heterocycles. The van der Waals surface area contributed by atoms with Crippen molar-refractivity contribution in [1.82, 2.24) is 4.90 Å². The average Bonchev–Trinajstić information content (AvgIpc) is 3.03. The van der Waals surface area contributed by atoms with Crippen LogP contribution in [0, 0.1) is 17.7 Å². The molecule has 0 radical (unpaired) electrons. The van der Waals surface area contributed by atoms with E-state index in [1.165, 1.54) is 35.3 Å². The number of carbonyl (C=O) groups excluding carboxylic acids is 2. The quantitative estimate of drug-likeness (QED) is 0.750. The summed E-state index contributed by atoms with van der Waals surface area (Å²) in [6.07, 6.45) is 0.559. The molecule has 3 N–H and O–H groups in total. The number of thiophene rings is 1. The number of rotatable bonds is 3. The zero-order valence-corrected chi connectivity index (χ0v) is 17.2. The van der Waals surface area contributed by atoms with Gasteiger partial charge in [-0.15, -0.1) is 11.3 Å². The number of primary amides is 1. The van der Waals surface area contributed by atoms with Crippen LogP contribution in [0.4, 0.5) is 4.39 Å². The molecule has 29 heavy (non-hydrogen) atoms. The third-order valence-corrected chi connectivity index (χ3v) is 5.90. The zero-order chi connectivity index (χ0) is 21.3. The van der Waals surface area contributed by atoms with Crippen LogP contribution in [0.2, 0.25) is 0 Å². The van der Waals surface area contributed by atoms with Crippen molar-refractivity contribution in [2.45, 2.75) is 25.9 Å². The molecule has 1 aliphatic rings. The fourth-order valence-electron chi connectivity index (χ4n) is 2.94. The van der Waals surface area contributed by atoms with Gasteiger partial charge in [0.1, 0.15) is 11.6 Å². The molecule has 1 aliphatic heterocycles. The maximum atomic E-state index is 14.6. The van der Waals surface area contributed by atoms with Crippen molar-refractivity contribution < 1.29 is 23.8 Å². The van der Waals surface area contributed by atoms with Crippen LogP contribution >= 0.6 is 11.3 Å². The summed E-state index contributed by atoms with van der Waals surface area (Å²) in [4.78, 5) is 26.3. The number of nitrogens with zero attached hydrogens (tertiary/aromatic N) is 1. The van der Waals surface area contributed by atoms with E-state index < -0.39 is 23.2 Å². The molecule has 0 saturated heterocycles. The Morgan fingerprint density at radius 3 is 2.79 bits per heavy atom. The molecular weight excluding hydrogens is 395 g/mol. The lowest BCUT2D eigenvalue weighted by molar-refractivity contribution is -0.142. The predicted molar refractivity (Wildman–Crippen MR) is 108 cm³/mol. The Bertz CT molecular complexity index is 1050. The highest BCUT2D eigenvalue weighted by Gasteiger charge is 2.30. The van der Waals surface area contributed by atoms with Crippen LogP contribution in [0.1, 0.15) is 34.6 Å². The minimum Gasteiger partial charge on any atom is -0.492 e. The van der Waals surface area contributed by atoms with Crippen molar-refractivity contribution in [2.24, 2.45) is 5.73 Å². The zero-order valence-electron chi connectivity index (χ0n) is 16.3. The fraction of sp³-hybridized carbons (Fsp3) is 0.333. The number of carbonyl (C=O) groups is 2. The van der Waals surface area contributed by atoms with Crippen LogP contribution in [0.5, 0.6) is 5.75 Å². The van der Waals surface area contributed by atoms with Crippen molar-refractivity contribution in [2.75, 3.05) is 20.2 Å². The number of hydrogen-bond acceptors (Lipinski definition) is 5. The van der Waals surface area contributed by atoms with Crippen LogP contribution in [0.25, 0.3) is 10.4 Å². The minimum absolute atomic E-state index is 0.0152. The second-order valence-electron chi connectivity index (χ2n) is 6.90. The maximum absolute atomic E-state index is 14.6. The van der Waals surface area contributed by atoms with Gasteiger partial charge >= 0.3 is 0 Å². The predicted octanol–water partition coefficient (Wildman–Crippen LogP) is 2.17. The Hall–Kier alpha value is -2.89. The molecule has 0 bridgehead atoms. The van der Waals surface area contributed by atoms with E-state index in [-0.39, 0.29) is 5.56 Å². The van der Waals surface area contributed by atoms with Gasteiger partial charge in [-0.1, -0.05) is 11.8 Å². The number of ether oxygens (including phenoxy) is 1. The molecule has 1 unspecified atom stereocenters. The molecule has 8 heteroatoms.